The van der Waals surface area contributed by atoms with Gasteiger partial charge in [-0.15, -0.1) is 6.58 Å². The molecule has 2 fully saturated rings. The van der Waals surface area contributed by atoms with Crippen LogP contribution in [0, 0.1) is 5.41 Å². The van der Waals surface area contributed by atoms with Gasteiger partial charge in [0.1, 0.15) is 0 Å². The van der Waals surface area contributed by atoms with E-state index in [4.69, 9.17) is 0 Å². The Bertz CT molecular complexity index is 507. The number of rotatable bonds is 5. The predicted octanol–water partition coefficient (Wildman–Crippen LogP) is 3.13. The van der Waals surface area contributed by atoms with E-state index in [1.54, 1.807) is 0 Å². The second-order valence-corrected chi connectivity index (χ2v) is 6.37. The smallest absolute Gasteiger partial charge is 0.226 e. The molecule has 3 heteroatoms. The summed E-state index contributed by atoms with van der Waals surface area (Å²) < 4.78 is 0. The number of para-hydroxylation sites is 1. The number of benzene rings is 1. The molecule has 1 unspecified atom stereocenters. The van der Waals surface area contributed by atoms with Gasteiger partial charge in [0.05, 0.1) is 5.41 Å². The molecule has 3 rings (SSSR count). The second kappa shape index (κ2) is 5.92. The average Bonchev–Trinajstić information content (AvgIpc) is 2.92. The first-order valence-corrected chi connectivity index (χ1v) is 7.95. The fraction of sp³-hybridized carbons (Fsp3) is 0.500. The molecule has 3 nitrogen and oxygen atoms in total. The third-order valence-electron chi connectivity index (χ3n) is 4.97. The summed E-state index contributed by atoms with van der Waals surface area (Å²) in [5.74, 6) is 0.244. The van der Waals surface area contributed by atoms with Gasteiger partial charge in [-0.25, -0.2) is 0 Å². The maximum Gasteiger partial charge on any atom is 0.226 e. The molecule has 1 aliphatic carbocycles. The van der Waals surface area contributed by atoms with Crippen molar-refractivity contribution in [2.24, 2.45) is 5.41 Å². The Morgan fingerprint density at radius 2 is 2.14 bits per heavy atom. The molecule has 0 radical (unpaired) electrons. The second-order valence-electron chi connectivity index (χ2n) is 6.37. The number of allylic oxidation sites excluding steroid dienone is 1. The van der Waals surface area contributed by atoms with E-state index in [9.17, 15) is 4.79 Å². The summed E-state index contributed by atoms with van der Waals surface area (Å²) in [5, 5.41) is 3.28. The molecular formula is C18H24N2O. The number of hydrogen-bond donors (Lipinski definition) is 1. The van der Waals surface area contributed by atoms with Crippen molar-refractivity contribution in [1.29, 1.82) is 0 Å². The Kier molecular flexibility index (Phi) is 4.00. The molecular weight excluding hydrogens is 260 g/mol. The van der Waals surface area contributed by atoms with E-state index in [1.807, 2.05) is 12.1 Å². The third-order valence-corrected chi connectivity index (χ3v) is 4.97. The fourth-order valence-electron chi connectivity index (χ4n) is 3.49. The van der Waals surface area contributed by atoms with Crippen molar-refractivity contribution < 1.29 is 4.79 Å². The summed E-state index contributed by atoms with van der Waals surface area (Å²) in [5.41, 5.74) is 1.10. The highest BCUT2D eigenvalue weighted by Gasteiger charge is 2.43. The highest BCUT2D eigenvalue weighted by atomic mass is 16.2. The Hall–Kier alpha value is -1.77. The maximum absolute atomic E-state index is 12.6. The molecule has 1 saturated heterocycles. The molecule has 1 N–H and O–H groups in total. The molecule has 1 saturated carbocycles. The van der Waals surface area contributed by atoms with Crippen LogP contribution in [0.15, 0.2) is 43.0 Å². The Morgan fingerprint density at radius 1 is 1.38 bits per heavy atom. The number of nitrogens with zero attached hydrogens (tertiary/aromatic N) is 1. The number of amides is 1. The molecule has 0 spiro atoms. The lowest BCUT2D eigenvalue weighted by Crippen LogP contribution is -2.49. The van der Waals surface area contributed by atoms with Crippen molar-refractivity contribution in [3.8, 4) is 0 Å². The zero-order valence-corrected chi connectivity index (χ0v) is 12.6. The molecule has 1 amide bonds. The number of hydrogen-bond acceptors (Lipinski definition) is 2. The molecule has 1 aromatic rings. The van der Waals surface area contributed by atoms with E-state index < -0.39 is 0 Å². The molecule has 0 aromatic heterocycles. The summed E-state index contributed by atoms with van der Waals surface area (Å²) in [6.45, 7) is 5.74. The van der Waals surface area contributed by atoms with Crippen LogP contribution < -0.4 is 10.2 Å². The maximum atomic E-state index is 12.6. The van der Waals surface area contributed by atoms with Crippen molar-refractivity contribution >= 4 is 11.6 Å². The van der Waals surface area contributed by atoms with Crippen molar-refractivity contribution in [2.75, 3.05) is 18.0 Å². The molecule has 1 atom stereocenters. The van der Waals surface area contributed by atoms with Gasteiger partial charge in [0.2, 0.25) is 5.91 Å². The van der Waals surface area contributed by atoms with Gasteiger partial charge >= 0.3 is 0 Å². The molecule has 2 aliphatic rings. The van der Waals surface area contributed by atoms with Crippen molar-refractivity contribution in [1.82, 2.24) is 5.32 Å². The minimum absolute atomic E-state index is 0.151. The van der Waals surface area contributed by atoms with E-state index in [1.165, 1.54) is 12.1 Å². The Labute approximate surface area is 127 Å². The van der Waals surface area contributed by atoms with Gasteiger partial charge in [-0.1, -0.05) is 30.7 Å². The SMILES string of the molecule is C=CCC1(C(=O)NC2CCN(c3ccccc3)C2)CCC1. The van der Waals surface area contributed by atoms with Crippen molar-refractivity contribution in [2.45, 2.75) is 38.1 Å². The first-order chi connectivity index (χ1) is 10.2. The molecule has 112 valence electrons. The van der Waals surface area contributed by atoms with Gasteiger partial charge < -0.3 is 10.2 Å². The molecule has 1 heterocycles. The molecule has 0 bridgehead atoms. The lowest BCUT2D eigenvalue weighted by Gasteiger charge is -2.40. The van der Waals surface area contributed by atoms with E-state index in [-0.39, 0.29) is 17.4 Å². The van der Waals surface area contributed by atoms with Gasteiger partial charge in [-0.2, -0.15) is 0 Å². The summed E-state index contributed by atoms with van der Waals surface area (Å²) in [7, 11) is 0. The standard InChI is InChI=1S/C18H24N2O/c1-2-10-18(11-6-12-18)17(21)19-15-9-13-20(14-15)16-7-4-3-5-8-16/h2-5,7-8,15H,1,6,9-14H2,(H,19,21). The van der Waals surface area contributed by atoms with Crippen LogP contribution in [0.3, 0.4) is 0 Å². The quantitative estimate of drug-likeness (QED) is 0.843. The van der Waals surface area contributed by atoms with Gasteiger partial charge in [-0.3, -0.25) is 4.79 Å². The minimum Gasteiger partial charge on any atom is -0.369 e. The molecule has 1 aromatic carbocycles. The molecule has 21 heavy (non-hydrogen) atoms. The zero-order valence-electron chi connectivity index (χ0n) is 12.6. The van der Waals surface area contributed by atoms with E-state index >= 15 is 0 Å². The fourth-order valence-corrected chi connectivity index (χ4v) is 3.49. The Balaban J connectivity index is 1.57. The highest BCUT2D eigenvalue weighted by Crippen LogP contribution is 2.44. The predicted molar refractivity (Wildman–Crippen MR) is 86.3 cm³/mol. The Morgan fingerprint density at radius 3 is 2.76 bits per heavy atom. The monoisotopic (exact) mass is 284 g/mol. The topological polar surface area (TPSA) is 32.3 Å². The van der Waals surface area contributed by atoms with E-state index in [2.05, 4.69) is 41.1 Å². The van der Waals surface area contributed by atoms with Gasteiger partial charge in [0.15, 0.2) is 0 Å². The van der Waals surface area contributed by atoms with Gasteiger partial charge in [0.25, 0.3) is 0 Å². The number of nitrogens with one attached hydrogen (secondary N) is 1. The normalized spacial score (nSPS) is 23.4. The van der Waals surface area contributed by atoms with E-state index in [0.29, 0.717) is 0 Å². The molecule has 1 aliphatic heterocycles. The van der Waals surface area contributed by atoms with Crippen LogP contribution in [0.5, 0.6) is 0 Å². The summed E-state index contributed by atoms with van der Waals surface area (Å²) in [4.78, 5) is 14.9. The summed E-state index contributed by atoms with van der Waals surface area (Å²) in [6, 6.07) is 10.7. The van der Waals surface area contributed by atoms with Crippen LogP contribution in [0.1, 0.15) is 32.1 Å². The first-order valence-electron chi connectivity index (χ1n) is 7.95. The number of anilines is 1. The largest absolute Gasteiger partial charge is 0.369 e. The van der Waals surface area contributed by atoms with Crippen LogP contribution in [0.2, 0.25) is 0 Å². The lowest BCUT2D eigenvalue weighted by molar-refractivity contribution is -0.136. The van der Waals surface area contributed by atoms with E-state index in [0.717, 1.165) is 38.8 Å². The van der Waals surface area contributed by atoms with Crippen LogP contribution in [-0.4, -0.2) is 25.0 Å². The van der Waals surface area contributed by atoms with Gasteiger partial charge in [-0.05, 0) is 37.8 Å². The van der Waals surface area contributed by atoms with Crippen LogP contribution in [0.4, 0.5) is 5.69 Å². The summed E-state index contributed by atoms with van der Waals surface area (Å²) >= 11 is 0. The average molecular weight is 284 g/mol. The lowest BCUT2D eigenvalue weighted by atomic mass is 9.66. The van der Waals surface area contributed by atoms with Crippen molar-refractivity contribution in [3.05, 3.63) is 43.0 Å². The summed E-state index contributed by atoms with van der Waals surface area (Å²) in [6.07, 6.45) is 6.93. The van der Waals surface area contributed by atoms with Gasteiger partial charge in [0, 0.05) is 24.8 Å². The number of carbonyl (C=O) groups is 1. The van der Waals surface area contributed by atoms with Crippen LogP contribution >= 0.6 is 0 Å². The zero-order chi connectivity index (χ0) is 14.7. The third kappa shape index (κ3) is 2.82. The highest BCUT2D eigenvalue weighted by molar-refractivity contribution is 5.84. The van der Waals surface area contributed by atoms with Crippen molar-refractivity contribution in [3.63, 3.8) is 0 Å². The van der Waals surface area contributed by atoms with Crippen LogP contribution in [-0.2, 0) is 4.79 Å². The number of carbonyl (C=O) groups excluding carboxylic acids is 1. The van der Waals surface area contributed by atoms with Crippen LogP contribution in [0.25, 0.3) is 0 Å². The minimum atomic E-state index is -0.151. The first kappa shape index (κ1) is 14.2.